The van der Waals surface area contributed by atoms with E-state index in [4.69, 9.17) is 14.4 Å². The monoisotopic (exact) mass is 813 g/mol. The van der Waals surface area contributed by atoms with Crippen LogP contribution in [0.15, 0.2) is 66.7 Å². The molecule has 1 saturated heterocycles. The molecule has 4 fully saturated rings. The van der Waals surface area contributed by atoms with Crippen molar-refractivity contribution >= 4 is 17.7 Å². The van der Waals surface area contributed by atoms with Gasteiger partial charge in [0.25, 0.3) is 11.8 Å². The predicted octanol–water partition coefficient (Wildman–Crippen LogP) is 4.56. The Morgan fingerprint density at radius 3 is 2.32 bits per heavy atom. The fourth-order valence-electron chi connectivity index (χ4n) is 9.90. The molecule has 3 aromatic rings. The molecule has 3 amide bonds. The van der Waals surface area contributed by atoms with E-state index < -0.39 is 30.1 Å². The van der Waals surface area contributed by atoms with Gasteiger partial charge in [0.15, 0.2) is 0 Å². The van der Waals surface area contributed by atoms with Gasteiger partial charge in [0.2, 0.25) is 5.91 Å². The molecular weight excluding hydrogens is 751 g/mol. The third kappa shape index (κ3) is 9.35. The quantitative estimate of drug-likeness (QED) is 0.152. The van der Waals surface area contributed by atoms with E-state index in [1.807, 2.05) is 67.5 Å². The fraction of sp³-hybridized carbons (Fsp3) is 0.543. The summed E-state index contributed by atoms with van der Waals surface area (Å²) in [5.41, 5.74) is 3.67. The number of hydrogen-bond acceptors (Lipinski definition) is 10. The molecule has 320 valence electrons. The Kier molecular flexibility index (Phi) is 13.8. The first-order valence-electron chi connectivity index (χ1n) is 20.7. The van der Waals surface area contributed by atoms with Gasteiger partial charge in [0.05, 0.1) is 33.5 Å². The zero-order valence-corrected chi connectivity index (χ0v) is 36.0. The van der Waals surface area contributed by atoms with E-state index in [0.29, 0.717) is 53.2 Å². The van der Waals surface area contributed by atoms with E-state index in [1.54, 1.807) is 37.3 Å². The highest BCUT2D eigenvalue weighted by molar-refractivity contribution is 6.01. The van der Waals surface area contributed by atoms with Crippen molar-refractivity contribution in [3.8, 4) is 16.9 Å². The van der Waals surface area contributed by atoms with E-state index in [9.17, 15) is 24.6 Å². The van der Waals surface area contributed by atoms with Crippen molar-refractivity contribution in [2.75, 3.05) is 48.5 Å². The number of fused-ring (bicyclic) bond motifs is 2. The zero-order valence-electron chi connectivity index (χ0n) is 36.0. The van der Waals surface area contributed by atoms with Gasteiger partial charge in [-0.3, -0.25) is 24.1 Å². The van der Waals surface area contributed by atoms with Crippen LogP contribution in [0.4, 0.5) is 0 Å². The molecule has 4 N–H and O–H groups in total. The summed E-state index contributed by atoms with van der Waals surface area (Å²) in [6.07, 6.45) is 0.930. The second-order valence-corrected chi connectivity index (χ2v) is 17.6. The Hall–Kier alpha value is -4.37. The number of hydrogen-bond donors (Lipinski definition) is 4. The molecule has 1 heterocycles. The number of ether oxygens (including phenoxy) is 1. The summed E-state index contributed by atoms with van der Waals surface area (Å²) >= 11 is 0. The number of aliphatic hydroxyl groups is 2. The topological polar surface area (TPSA) is 153 Å². The molecule has 59 heavy (non-hydrogen) atoms. The molecule has 1 aliphatic heterocycles. The minimum Gasteiger partial charge on any atom is -0.496 e. The molecule has 4 aliphatic rings. The van der Waals surface area contributed by atoms with Crippen LogP contribution in [0.2, 0.25) is 0 Å². The smallest absolute Gasteiger partial charge is 0.277 e. The first-order chi connectivity index (χ1) is 28.1. The van der Waals surface area contributed by atoms with Crippen LogP contribution in [-0.4, -0.2) is 122 Å². The largest absolute Gasteiger partial charge is 0.496 e. The molecule has 13 heteroatoms. The molecule has 3 saturated carbocycles. The summed E-state index contributed by atoms with van der Waals surface area (Å²) in [5, 5.41) is 30.6. The maximum absolute atomic E-state index is 14.3. The van der Waals surface area contributed by atoms with Crippen molar-refractivity contribution in [2.45, 2.75) is 83.8 Å². The molecule has 0 unspecified atom stereocenters. The van der Waals surface area contributed by atoms with Gasteiger partial charge in [-0.25, -0.2) is 5.06 Å². The van der Waals surface area contributed by atoms with E-state index in [1.165, 1.54) is 20.6 Å². The Balaban J connectivity index is 1.32. The number of nitrogens with zero attached hydrogens (tertiary/aromatic N) is 3. The third-order valence-corrected chi connectivity index (χ3v) is 13.2. The van der Waals surface area contributed by atoms with Gasteiger partial charge < -0.3 is 30.5 Å². The number of carbonyl (C=O) groups excluding carboxylic acids is 3. The number of carbonyl (C=O) groups is 3. The lowest BCUT2D eigenvalue weighted by Gasteiger charge is -2.62. The van der Waals surface area contributed by atoms with Gasteiger partial charge in [-0.15, -0.1) is 0 Å². The second-order valence-electron chi connectivity index (χ2n) is 17.6. The van der Waals surface area contributed by atoms with Gasteiger partial charge in [-0.1, -0.05) is 69.3 Å². The van der Waals surface area contributed by atoms with Crippen molar-refractivity contribution in [1.29, 1.82) is 0 Å². The molecule has 3 aliphatic carbocycles. The number of benzene rings is 3. The number of aliphatic hydroxyl groups excluding tert-OH is 2. The van der Waals surface area contributed by atoms with E-state index in [0.717, 1.165) is 17.0 Å². The minimum atomic E-state index is -0.947. The lowest BCUT2D eigenvalue weighted by molar-refractivity contribution is -0.183. The number of rotatable bonds is 16. The highest BCUT2D eigenvalue weighted by Crippen LogP contribution is 2.61. The molecule has 9 atom stereocenters. The van der Waals surface area contributed by atoms with Gasteiger partial charge >= 0.3 is 0 Å². The van der Waals surface area contributed by atoms with Crippen LogP contribution < -0.4 is 15.4 Å². The summed E-state index contributed by atoms with van der Waals surface area (Å²) in [5.74, 6) is 0.0805. The molecule has 7 rings (SSSR count). The Labute approximate surface area is 348 Å². The first-order valence-corrected chi connectivity index (χ1v) is 20.7. The van der Waals surface area contributed by atoms with E-state index in [-0.39, 0.29) is 53.6 Å². The average Bonchev–Trinajstić information content (AvgIpc) is 3.59. The molecule has 2 bridgehead atoms. The van der Waals surface area contributed by atoms with Crippen LogP contribution in [0.25, 0.3) is 11.1 Å². The lowest BCUT2D eigenvalue weighted by atomic mass is 9.45. The van der Waals surface area contributed by atoms with Crippen molar-refractivity contribution in [1.82, 2.24) is 25.7 Å². The van der Waals surface area contributed by atoms with Crippen LogP contribution in [0, 0.1) is 29.1 Å². The molecule has 0 aromatic heterocycles. The third-order valence-electron chi connectivity index (χ3n) is 13.2. The van der Waals surface area contributed by atoms with Crippen molar-refractivity contribution in [3.63, 3.8) is 0 Å². The Bertz CT molecular complexity index is 1960. The minimum absolute atomic E-state index is 0.00292. The first kappa shape index (κ1) is 44.2. The van der Waals surface area contributed by atoms with Crippen LogP contribution >= 0.6 is 0 Å². The summed E-state index contributed by atoms with van der Waals surface area (Å²) in [6, 6.07) is 19.4. The molecule has 13 nitrogen and oxygen atoms in total. The standard InChI is InChI=1S/C46H63N5O8/c1-27-37-22-34(46(37,3)4)23-38(27)48-44(55)41-40(28(2)53)39(26-52)59-51(41)24-30-16-13-17-36(42(30)57-8)31-19-32(21-33(20-31)45(56)50(7)58-9)43(54)47-35(25-49(5)6)18-29-14-11-10-12-15-29/h10-17,19-21,27-28,34-35,37-41,52-53H,18,22-26H2,1-9H3,(H,47,54)(H,48,55)/t27-,28-,34+,35-,37-,38-,39-,40+,41-/m0/s1. The van der Waals surface area contributed by atoms with E-state index >= 15 is 0 Å². The SMILES string of the molecule is COc1c(CN2O[C@@H](CO)[C@@H]([C@H](C)O)[C@H]2C(=O)N[C@H]2C[C@H]3C[C@@H]([C@@H]2C)C3(C)C)cccc1-c1cc(C(=O)N[C@@H](Cc2ccccc2)CN(C)C)cc(C(=O)N(C)OC)c1. The summed E-state index contributed by atoms with van der Waals surface area (Å²) in [4.78, 5) is 55.6. The summed E-state index contributed by atoms with van der Waals surface area (Å²) in [7, 11) is 8.35. The summed E-state index contributed by atoms with van der Waals surface area (Å²) in [6.45, 7) is 8.77. The van der Waals surface area contributed by atoms with Gasteiger partial charge in [-0.05, 0) is 92.8 Å². The highest BCUT2D eigenvalue weighted by Gasteiger charge is 2.57. The lowest BCUT2D eigenvalue weighted by Crippen LogP contribution is -2.62. The highest BCUT2D eigenvalue weighted by atomic mass is 16.7. The molecule has 0 radical (unpaired) electrons. The van der Waals surface area contributed by atoms with Crippen LogP contribution in [0.1, 0.15) is 72.4 Å². The van der Waals surface area contributed by atoms with Crippen LogP contribution in [-0.2, 0) is 27.4 Å². The predicted molar refractivity (Wildman–Crippen MR) is 225 cm³/mol. The number of methoxy groups -OCH3 is 1. The molecule has 3 aromatic carbocycles. The van der Waals surface area contributed by atoms with Crippen LogP contribution in [0.5, 0.6) is 5.75 Å². The zero-order chi connectivity index (χ0) is 42.8. The van der Waals surface area contributed by atoms with Crippen LogP contribution in [0.3, 0.4) is 0 Å². The number of hydroxylamine groups is 4. The number of para-hydroxylation sites is 1. The van der Waals surface area contributed by atoms with Crippen molar-refractivity contribution in [2.24, 2.45) is 29.1 Å². The van der Waals surface area contributed by atoms with E-state index in [2.05, 4.69) is 31.4 Å². The normalized spacial score (nSPS) is 25.8. The summed E-state index contributed by atoms with van der Waals surface area (Å²) < 4.78 is 6.07. The maximum Gasteiger partial charge on any atom is 0.277 e. The number of amides is 3. The van der Waals surface area contributed by atoms with Gasteiger partial charge in [-0.2, -0.15) is 5.06 Å². The average molecular weight is 814 g/mol. The number of nitrogens with one attached hydrogen (secondary N) is 2. The van der Waals surface area contributed by atoms with Crippen molar-refractivity contribution in [3.05, 3.63) is 89.0 Å². The molecule has 0 spiro atoms. The second kappa shape index (κ2) is 18.5. The fourth-order valence-corrected chi connectivity index (χ4v) is 9.90. The Morgan fingerprint density at radius 1 is 1.00 bits per heavy atom. The number of likely N-dealkylation sites (N-methyl/N-ethyl adjacent to an activating group) is 1. The van der Waals surface area contributed by atoms with Crippen molar-refractivity contribution < 1.29 is 39.0 Å². The maximum atomic E-state index is 14.3. The van der Waals surface area contributed by atoms with Gasteiger partial charge in [0.1, 0.15) is 17.9 Å². The molecular formula is C46H63N5O8. The Morgan fingerprint density at radius 2 is 1.71 bits per heavy atom. The van der Waals surface area contributed by atoms with Gasteiger partial charge in [0, 0.05) is 53.8 Å².